The molecule has 0 aliphatic carbocycles. The Morgan fingerprint density at radius 2 is 2.07 bits per heavy atom. The smallest absolute Gasteiger partial charge is 0.358 e. The van der Waals surface area contributed by atoms with Gasteiger partial charge in [-0.25, -0.2) is 9.78 Å². The van der Waals surface area contributed by atoms with Gasteiger partial charge in [0.2, 0.25) is 0 Å². The number of hydrogen-bond donors (Lipinski definition) is 0. The van der Waals surface area contributed by atoms with E-state index in [-0.39, 0.29) is 18.1 Å². The molecule has 0 aromatic carbocycles. The molecule has 0 N–H and O–H groups in total. The molecule has 0 spiro atoms. The van der Waals surface area contributed by atoms with Gasteiger partial charge in [0.1, 0.15) is 0 Å². The fourth-order valence-corrected chi connectivity index (χ4v) is 0.845. The van der Waals surface area contributed by atoms with Crippen molar-refractivity contribution in [2.24, 2.45) is 0 Å². The van der Waals surface area contributed by atoms with Crippen LogP contribution in [0.4, 0.5) is 0 Å². The van der Waals surface area contributed by atoms with Crippen molar-refractivity contribution >= 4 is 18.4 Å². The van der Waals surface area contributed by atoms with Crippen molar-refractivity contribution in [2.45, 2.75) is 20.8 Å². The van der Waals surface area contributed by atoms with E-state index in [0.29, 0.717) is 6.61 Å². The summed E-state index contributed by atoms with van der Waals surface area (Å²) in [7, 11) is 0. The summed E-state index contributed by atoms with van der Waals surface area (Å²) >= 11 is 0. The monoisotopic (exact) mass is 216 g/mol. The summed E-state index contributed by atoms with van der Waals surface area (Å²) in [6.45, 7) is 5.77. The highest BCUT2D eigenvalue weighted by molar-refractivity contribution is 5.86. The Morgan fingerprint density at radius 1 is 1.43 bits per heavy atom. The standard InChI is InChI=1S/C9H12N2O2.ClH/c1-4-13-9(12)8-5-10-6(2)7(3)11-8;/h5H,4H2,1-3H3;1H. The first-order chi connectivity index (χ1) is 6.15. The third-order valence-corrected chi connectivity index (χ3v) is 1.68. The highest BCUT2D eigenvalue weighted by Crippen LogP contribution is 2.02. The van der Waals surface area contributed by atoms with Gasteiger partial charge in [-0.2, -0.15) is 0 Å². The Labute approximate surface area is 89.1 Å². The Bertz CT molecular complexity index is 329. The molecule has 0 saturated carbocycles. The SMILES string of the molecule is CCOC(=O)c1cnc(C)c(C)n1.Cl. The number of halogens is 1. The van der Waals surface area contributed by atoms with Gasteiger partial charge in [-0.1, -0.05) is 0 Å². The average molecular weight is 217 g/mol. The van der Waals surface area contributed by atoms with E-state index in [2.05, 4.69) is 9.97 Å². The predicted molar refractivity (Wildman–Crippen MR) is 54.7 cm³/mol. The minimum absolute atomic E-state index is 0. The summed E-state index contributed by atoms with van der Waals surface area (Å²) in [6, 6.07) is 0. The number of rotatable bonds is 2. The van der Waals surface area contributed by atoms with Gasteiger partial charge in [0.25, 0.3) is 0 Å². The second-order valence-corrected chi connectivity index (χ2v) is 2.65. The molecule has 1 heterocycles. The van der Waals surface area contributed by atoms with Crippen LogP contribution in [0.25, 0.3) is 0 Å². The lowest BCUT2D eigenvalue weighted by Gasteiger charge is -2.02. The molecule has 0 aliphatic heterocycles. The summed E-state index contributed by atoms with van der Waals surface area (Å²) in [6.07, 6.45) is 1.43. The van der Waals surface area contributed by atoms with Gasteiger partial charge in [-0.15, -0.1) is 12.4 Å². The van der Waals surface area contributed by atoms with Gasteiger partial charge in [0.15, 0.2) is 5.69 Å². The van der Waals surface area contributed by atoms with Crippen LogP contribution < -0.4 is 0 Å². The van der Waals surface area contributed by atoms with Crippen molar-refractivity contribution in [2.75, 3.05) is 6.61 Å². The fourth-order valence-electron chi connectivity index (χ4n) is 0.845. The topological polar surface area (TPSA) is 52.1 Å². The molecule has 1 aromatic heterocycles. The van der Waals surface area contributed by atoms with Crippen LogP contribution in [0.1, 0.15) is 28.8 Å². The highest BCUT2D eigenvalue weighted by Gasteiger charge is 2.09. The van der Waals surface area contributed by atoms with E-state index in [1.54, 1.807) is 6.92 Å². The van der Waals surface area contributed by atoms with E-state index in [0.717, 1.165) is 11.4 Å². The van der Waals surface area contributed by atoms with Crippen LogP contribution in [0.15, 0.2) is 6.20 Å². The zero-order valence-electron chi connectivity index (χ0n) is 8.40. The van der Waals surface area contributed by atoms with Crippen LogP contribution >= 0.6 is 12.4 Å². The zero-order valence-corrected chi connectivity index (χ0v) is 9.22. The largest absolute Gasteiger partial charge is 0.461 e. The normalized spacial score (nSPS) is 9.07. The van der Waals surface area contributed by atoms with Gasteiger partial charge in [-0.05, 0) is 20.8 Å². The van der Waals surface area contributed by atoms with Crippen LogP contribution in [0.3, 0.4) is 0 Å². The quantitative estimate of drug-likeness (QED) is 0.706. The lowest BCUT2D eigenvalue weighted by molar-refractivity contribution is 0.0518. The summed E-state index contributed by atoms with van der Waals surface area (Å²) in [5, 5.41) is 0. The van der Waals surface area contributed by atoms with Crippen molar-refractivity contribution in [3.8, 4) is 0 Å². The summed E-state index contributed by atoms with van der Waals surface area (Å²) < 4.78 is 4.78. The van der Waals surface area contributed by atoms with Crippen molar-refractivity contribution < 1.29 is 9.53 Å². The number of carbonyl (C=O) groups excluding carboxylic acids is 1. The molecule has 0 unspecified atom stereocenters. The van der Waals surface area contributed by atoms with Gasteiger partial charge >= 0.3 is 5.97 Å². The second kappa shape index (κ2) is 5.54. The molecule has 78 valence electrons. The molecule has 14 heavy (non-hydrogen) atoms. The summed E-state index contributed by atoms with van der Waals surface area (Å²) in [4.78, 5) is 19.3. The second-order valence-electron chi connectivity index (χ2n) is 2.65. The molecule has 5 heteroatoms. The van der Waals surface area contributed by atoms with Crippen molar-refractivity contribution in [1.82, 2.24) is 9.97 Å². The molecular weight excluding hydrogens is 204 g/mol. The first-order valence-corrected chi connectivity index (χ1v) is 4.12. The molecule has 0 radical (unpaired) electrons. The number of aromatic nitrogens is 2. The number of esters is 1. The van der Waals surface area contributed by atoms with Gasteiger partial charge in [0.05, 0.1) is 24.2 Å². The van der Waals surface area contributed by atoms with Gasteiger partial charge < -0.3 is 4.74 Å². The van der Waals surface area contributed by atoms with Crippen LogP contribution in [-0.2, 0) is 4.74 Å². The molecule has 0 aliphatic rings. The number of carbonyl (C=O) groups is 1. The molecule has 0 saturated heterocycles. The Morgan fingerprint density at radius 3 is 2.57 bits per heavy atom. The van der Waals surface area contributed by atoms with E-state index >= 15 is 0 Å². The zero-order chi connectivity index (χ0) is 9.84. The third kappa shape index (κ3) is 2.96. The first-order valence-electron chi connectivity index (χ1n) is 4.12. The molecule has 0 bridgehead atoms. The maximum absolute atomic E-state index is 11.2. The minimum atomic E-state index is -0.418. The highest BCUT2D eigenvalue weighted by atomic mass is 35.5. The fraction of sp³-hybridized carbons (Fsp3) is 0.444. The van der Waals surface area contributed by atoms with Crippen molar-refractivity contribution in [1.29, 1.82) is 0 Å². The molecule has 0 amide bonds. The van der Waals surface area contributed by atoms with Crippen LogP contribution in [0, 0.1) is 13.8 Å². The third-order valence-electron chi connectivity index (χ3n) is 1.68. The number of hydrogen-bond acceptors (Lipinski definition) is 4. The molecular formula is C9H13ClN2O2. The Balaban J connectivity index is 0.00000169. The molecule has 1 aromatic rings. The van der Waals surface area contributed by atoms with Crippen molar-refractivity contribution in [3.05, 3.63) is 23.3 Å². The van der Waals surface area contributed by atoms with E-state index in [9.17, 15) is 4.79 Å². The van der Waals surface area contributed by atoms with Crippen LogP contribution in [-0.4, -0.2) is 22.5 Å². The molecule has 1 rings (SSSR count). The summed E-state index contributed by atoms with van der Waals surface area (Å²) in [5.74, 6) is -0.418. The lowest BCUT2D eigenvalue weighted by atomic mass is 10.3. The lowest BCUT2D eigenvalue weighted by Crippen LogP contribution is -2.09. The number of aryl methyl sites for hydroxylation is 2. The molecule has 0 fully saturated rings. The molecule has 0 atom stereocenters. The van der Waals surface area contributed by atoms with Gasteiger partial charge in [-0.3, -0.25) is 4.98 Å². The van der Waals surface area contributed by atoms with Crippen molar-refractivity contribution in [3.63, 3.8) is 0 Å². The van der Waals surface area contributed by atoms with E-state index < -0.39 is 5.97 Å². The summed E-state index contributed by atoms with van der Waals surface area (Å²) in [5.41, 5.74) is 1.85. The minimum Gasteiger partial charge on any atom is -0.461 e. The Hall–Kier alpha value is -1.16. The van der Waals surface area contributed by atoms with Crippen LogP contribution in [0.2, 0.25) is 0 Å². The maximum Gasteiger partial charge on any atom is 0.358 e. The van der Waals surface area contributed by atoms with E-state index in [4.69, 9.17) is 4.74 Å². The van der Waals surface area contributed by atoms with Crippen LogP contribution in [0.5, 0.6) is 0 Å². The molecule has 4 nitrogen and oxygen atoms in total. The number of ether oxygens (including phenoxy) is 1. The first kappa shape index (κ1) is 12.8. The Kier molecular flexibility index (Phi) is 5.09. The van der Waals surface area contributed by atoms with Gasteiger partial charge in [0, 0.05) is 0 Å². The average Bonchev–Trinajstić information content (AvgIpc) is 2.10. The number of nitrogens with zero attached hydrogens (tertiary/aromatic N) is 2. The van der Waals surface area contributed by atoms with E-state index in [1.807, 2.05) is 13.8 Å². The predicted octanol–water partition coefficient (Wildman–Crippen LogP) is 1.69. The van der Waals surface area contributed by atoms with E-state index in [1.165, 1.54) is 6.20 Å². The maximum atomic E-state index is 11.2.